The predicted molar refractivity (Wildman–Crippen MR) is 60.7 cm³/mol. The molecular weight excluding hydrogens is 242 g/mol. The molecule has 0 fully saturated rings. The fourth-order valence-corrected chi connectivity index (χ4v) is 3.39. The summed E-state index contributed by atoms with van der Waals surface area (Å²) in [6.45, 7) is 3.45. The van der Waals surface area contributed by atoms with E-state index < -0.39 is 21.6 Å². The summed E-state index contributed by atoms with van der Waals surface area (Å²) in [7, 11) is -3.73. The molecule has 1 aromatic rings. The largest absolute Gasteiger partial charge is 0.285 e. The van der Waals surface area contributed by atoms with Crippen LogP contribution in [0.15, 0.2) is 17.0 Å². The van der Waals surface area contributed by atoms with E-state index in [9.17, 15) is 18.0 Å². The van der Waals surface area contributed by atoms with E-state index in [1.54, 1.807) is 13.8 Å². The smallest absolute Gasteiger partial charge is 0.241 e. The molecule has 0 amide bonds. The van der Waals surface area contributed by atoms with Crippen molar-refractivity contribution in [3.63, 3.8) is 0 Å². The lowest BCUT2D eigenvalue weighted by atomic mass is 10.1. The summed E-state index contributed by atoms with van der Waals surface area (Å²) in [6, 6.07) is 2.77. The second-order valence-corrected chi connectivity index (χ2v) is 5.53. The number of sulfonamides is 1. The van der Waals surface area contributed by atoms with Gasteiger partial charge in [0.2, 0.25) is 21.6 Å². The number of benzene rings is 1. The molecule has 0 saturated carbocycles. The first-order chi connectivity index (χ1) is 7.88. The van der Waals surface area contributed by atoms with Crippen molar-refractivity contribution in [3.05, 3.63) is 28.8 Å². The van der Waals surface area contributed by atoms with Crippen molar-refractivity contribution in [2.24, 2.45) is 0 Å². The molecule has 0 heterocycles. The van der Waals surface area contributed by atoms with Gasteiger partial charge in [-0.05, 0) is 24.6 Å². The number of rotatable bonds is 3. The highest BCUT2D eigenvalue weighted by molar-refractivity contribution is 7.89. The lowest BCUT2D eigenvalue weighted by Crippen LogP contribution is -2.25. The van der Waals surface area contributed by atoms with Crippen molar-refractivity contribution >= 4 is 21.6 Å². The Hall–Kier alpha value is -1.53. The maximum Gasteiger partial charge on any atom is 0.241 e. The zero-order valence-corrected chi connectivity index (χ0v) is 10.2. The number of fused-ring (bicyclic) bond motifs is 2. The van der Waals surface area contributed by atoms with Crippen molar-refractivity contribution in [2.75, 3.05) is 6.54 Å². The van der Waals surface area contributed by atoms with Crippen LogP contribution in [-0.2, 0) is 10.0 Å². The molecule has 5 nitrogen and oxygen atoms in total. The fourth-order valence-electron chi connectivity index (χ4n) is 1.95. The Bertz CT molecular complexity index is 631. The van der Waals surface area contributed by atoms with Crippen LogP contribution in [0.3, 0.4) is 0 Å². The van der Waals surface area contributed by atoms with Gasteiger partial charge >= 0.3 is 0 Å². The minimum absolute atomic E-state index is 0.0223. The van der Waals surface area contributed by atoms with Crippen LogP contribution in [0, 0.1) is 6.92 Å². The number of nitrogens with one attached hydrogen (secondary N) is 1. The molecule has 0 spiro atoms. The molecule has 0 saturated heterocycles. The third kappa shape index (κ3) is 1.69. The number of hydrogen-bond acceptors (Lipinski definition) is 4. The zero-order valence-electron chi connectivity index (χ0n) is 9.40. The highest BCUT2D eigenvalue weighted by Crippen LogP contribution is 2.28. The van der Waals surface area contributed by atoms with Crippen LogP contribution in [0.1, 0.15) is 33.2 Å². The molecule has 0 radical (unpaired) electrons. The van der Waals surface area contributed by atoms with Gasteiger partial charge < -0.3 is 0 Å². The third-order valence-electron chi connectivity index (χ3n) is 2.59. The molecule has 17 heavy (non-hydrogen) atoms. The van der Waals surface area contributed by atoms with E-state index in [0.29, 0.717) is 5.56 Å². The molecule has 2 bridgehead atoms. The van der Waals surface area contributed by atoms with Gasteiger partial charge in [-0.15, -0.1) is 0 Å². The number of ketones is 2. The Morgan fingerprint density at radius 2 is 1.82 bits per heavy atom. The molecule has 2 rings (SSSR count). The van der Waals surface area contributed by atoms with Gasteiger partial charge in [-0.2, -0.15) is 0 Å². The summed E-state index contributed by atoms with van der Waals surface area (Å²) in [6.07, 6.45) is 0. The molecule has 0 unspecified atom stereocenters. The second kappa shape index (κ2) is 3.75. The van der Waals surface area contributed by atoms with Crippen LogP contribution in [0.2, 0.25) is 0 Å². The number of carbonyl (C=O) groups is 2. The van der Waals surface area contributed by atoms with Gasteiger partial charge in [0.25, 0.3) is 0 Å². The van der Waals surface area contributed by atoms with E-state index in [0.717, 1.165) is 0 Å². The van der Waals surface area contributed by atoms with Crippen molar-refractivity contribution in [3.8, 4) is 0 Å². The number of Topliss-reactive ketones (excluding diaryl/α,β-unsaturated/α-hetero) is 2. The van der Waals surface area contributed by atoms with Gasteiger partial charge in [-0.3, -0.25) is 9.59 Å². The van der Waals surface area contributed by atoms with E-state index in [1.807, 2.05) is 0 Å². The molecule has 1 aliphatic rings. The monoisotopic (exact) mass is 253 g/mol. The van der Waals surface area contributed by atoms with Crippen molar-refractivity contribution in [1.82, 2.24) is 4.72 Å². The van der Waals surface area contributed by atoms with Gasteiger partial charge in [-0.1, -0.05) is 6.92 Å². The summed E-state index contributed by atoms with van der Waals surface area (Å²) < 4.78 is 26.2. The maximum atomic E-state index is 11.9. The van der Waals surface area contributed by atoms with Crippen LogP contribution in [0.5, 0.6) is 0 Å². The Morgan fingerprint density at radius 1 is 1.18 bits per heavy atom. The summed E-state index contributed by atoms with van der Waals surface area (Å²) in [4.78, 5) is 23.0. The van der Waals surface area contributed by atoms with Crippen LogP contribution >= 0.6 is 0 Å². The standard InChI is InChI=1S/C11H11NO4S/c1-3-12-17(15,16)11-6(2)4-7-5-8(11)10(14)9(7)13/h4-5,12H,3H2,1-2H3. The first-order valence-corrected chi connectivity index (χ1v) is 6.60. The fraction of sp³-hybridized carbons (Fsp3) is 0.273. The Morgan fingerprint density at radius 3 is 2.41 bits per heavy atom. The highest BCUT2D eigenvalue weighted by atomic mass is 32.2. The van der Waals surface area contributed by atoms with Crippen molar-refractivity contribution in [1.29, 1.82) is 0 Å². The van der Waals surface area contributed by atoms with Gasteiger partial charge in [0.05, 0.1) is 4.90 Å². The minimum Gasteiger partial charge on any atom is -0.285 e. The Labute approximate surface area is 98.9 Å². The van der Waals surface area contributed by atoms with Gasteiger partial charge in [0.15, 0.2) is 0 Å². The van der Waals surface area contributed by atoms with Crippen LogP contribution < -0.4 is 4.72 Å². The summed E-state index contributed by atoms with van der Waals surface area (Å²) >= 11 is 0. The molecule has 90 valence electrons. The molecule has 0 aliphatic heterocycles. The molecule has 0 atom stereocenters. The van der Waals surface area contributed by atoms with Crippen LogP contribution in [-0.4, -0.2) is 26.5 Å². The quantitative estimate of drug-likeness (QED) is 0.803. The number of carbonyl (C=O) groups excluding carboxylic acids is 2. The zero-order chi connectivity index (χ0) is 12.8. The molecule has 1 N–H and O–H groups in total. The van der Waals surface area contributed by atoms with Crippen molar-refractivity contribution < 1.29 is 18.0 Å². The number of aryl methyl sites for hydroxylation is 1. The molecule has 1 aliphatic carbocycles. The summed E-state index contributed by atoms with van der Waals surface area (Å²) in [5.74, 6) is -1.38. The first-order valence-electron chi connectivity index (χ1n) is 5.12. The molecule has 1 aromatic carbocycles. The molecular formula is C11H11NO4S. The highest BCUT2D eigenvalue weighted by Gasteiger charge is 2.34. The lowest BCUT2D eigenvalue weighted by Gasteiger charge is -2.08. The van der Waals surface area contributed by atoms with Gasteiger partial charge in [-0.25, -0.2) is 13.1 Å². The molecule has 6 heteroatoms. The number of hydrogen-bond donors (Lipinski definition) is 1. The molecule has 0 aromatic heterocycles. The average molecular weight is 253 g/mol. The first kappa shape index (κ1) is 11.9. The summed E-state index contributed by atoms with van der Waals surface area (Å²) in [5.41, 5.74) is 0.654. The Balaban J connectivity index is 2.71. The predicted octanol–water partition coefficient (Wildman–Crippen LogP) is 0.672. The normalized spacial score (nSPS) is 14.5. The van der Waals surface area contributed by atoms with E-state index in [-0.39, 0.29) is 22.6 Å². The van der Waals surface area contributed by atoms with E-state index in [1.165, 1.54) is 12.1 Å². The topological polar surface area (TPSA) is 80.3 Å². The van der Waals surface area contributed by atoms with Gasteiger partial charge in [0, 0.05) is 17.7 Å². The minimum atomic E-state index is -3.73. The van der Waals surface area contributed by atoms with E-state index in [4.69, 9.17) is 0 Å². The maximum absolute atomic E-state index is 11.9. The van der Waals surface area contributed by atoms with E-state index in [2.05, 4.69) is 4.72 Å². The lowest BCUT2D eigenvalue weighted by molar-refractivity contribution is 0.0824. The summed E-state index contributed by atoms with van der Waals surface area (Å²) in [5, 5.41) is 0. The van der Waals surface area contributed by atoms with Crippen LogP contribution in [0.4, 0.5) is 0 Å². The average Bonchev–Trinajstić information content (AvgIpc) is 2.43. The van der Waals surface area contributed by atoms with Crippen molar-refractivity contribution in [2.45, 2.75) is 18.7 Å². The SMILES string of the molecule is CCNS(=O)(=O)c1c(C)cc2cc1C(=O)C2=O. The second-order valence-electron chi connectivity index (χ2n) is 3.83. The van der Waals surface area contributed by atoms with Crippen LogP contribution in [0.25, 0.3) is 0 Å². The van der Waals surface area contributed by atoms with Gasteiger partial charge in [0.1, 0.15) is 0 Å². The third-order valence-corrected chi connectivity index (χ3v) is 4.34. The van der Waals surface area contributed by atoms with E-state index >= 15 is 0 Å². The Kier molecular flexibility index (Phi) is 2.63.